The molecule has 6 nitrogen and oxygen atoms in total. The van der Waals surface area contributed by atoms with Crippen LogP contribution in [0.4, 0.5) is 0 Å². The first kappa shape index (κ1) is 14.6. The zero-order valence-electron chi connectivity index (χ0n) is 12.1. The SMILES string of the molecule is Cc1[nH]c(C(=O)O)c(C)c1C(=O)N(C)C1CCNCC1. The minimum atomic E-state index is -1.03. The molecule has 6 heteroatoms. The molecule has 0 unspecified atom stereocenters. The number of carboxylic acid groups (broad SMARTS) is 1. The number of piperidine rings is 1. The van der Waals surface area contributed by atoms with E-state index < -0.39 is 5.97 Å². The highest BCUT2D eigenvalue weighted by Gasteiger charge is 2.28. The number of aromatic nitrogens is 1. The predicted molar refractivity (Wildman–Crippen MR) is 75.2 cm³/mol. The minimum absolute atomic E-state index is 0.101. The first-order valence-electron chi connectivity index (χ1n) is 6.83. The second kappa shape index (κ2) is 5.66. The lowest BCUT2D eigenvalue weighted by Gasteiger charge is -2.31. The molecule has 0 bridgehead atoms. The maximum atomic E-state index is 12.6. The van der Waals surface area contributed by atoms with Crippen LogP contribution in [0.5, 0.6) is 0 Å². The summed E-state index contributed by atoms with van der Waals surface area (Å²) in [5, 5.41) is 12.4. The Hall–Kier alpha value is -1.82. The quantitative estimate of drug-likeness (QED) is 0.775. The van der Waals surface area contributed by atoms with E-state index in [2.05, 4.69) is 10.3 Å². The Bertz CT molecular complexity index is 530. The lowest BCUT2D eigenvalue weighted by Crippen LogP contribution is -2.44. The number of amides is 1. The molecule has 0 spiro atoms. The third-order valence-corrected chi connectivity index (χ3v) is 4.04. The van der Waals surface area contributed by atoms with Gasteiger partial charge in [-0.3, -0.25) is 4.79 Å². The second-order valence-corrected chi connectivity index (χ2v) is 5.33. The lowest BCUT2D eigenvalue weighted by atomic mass is 10.0. The van der Waals surface area contributed by atoms with Crippen molar-refractivity contribution in [1.82, 2.24) is 15.2 Å². The van der Waals surface area contributed by atoms with Crippen molar-refractivity contribution in [3.63, 3.8) is 0 Å². The Morgan fingerprint density at radius 1 is 1.25 bits per heavy atom. The van der Waals surface area contributed by atoms with E-state index in [0.717, 1.165) is 25.9 Å². The van der Waals surface area contributed by atoms with Crippen molar-refractivity contribution in [2.45, 2.75) is 32.7 Å². The van der Waals surface area contributed by atoms with Crippen molar-refractivity contribution in [3.05, 3.63) is 22.5 Å². The number of H-pyrrole nitrogens is 1. The summed E-state index contributed by atoms with van der Waals surface area (Å²) in [5.41, 5.74) is 1.72. The Morgan fingerprint density at radius 3 is 2.35 bits per heavy atom. The Labute approximate surface area is 118 Å². The highest BCUT2D eigenvalue weighted by atomic mass is 16.4. The largest absolute Gasteiger partial charge is 0.477 e. The van der Waals surface area contributed by atoms with Gasteiger partial charge in [0, 0.05) is 18.8 Å². The number of nitrogens with zero attached hydrogens (tertiary/aromatic N) is 1. The molecular formula is C14H21N3O3. The number of hydrogen-bond donors (Lipinski definition) is 3. The summed E-state index contributed by atoms with van der Waals surface area (Å²) in [6.07, 6.45) is 1.85. The zero-order valence-corrected chi connectivity index (χ0v) is 12.1. The molecule has 1 aromatic heterocycles. The van der Waals surface area contributed by atoms with Crippen molar-refractivity contribution in [2.75, 3.05) is 20.1 Å². The van der Waals surface area contributed by atoms with Gasteiger partial charge in [-0.2, -0.15) is 0 Å². The number of carbonyl (C=O) groups excluding carboxylic acids is 1. The van der Waals surface area contributed by atoms with Gasteiger partial charge in [-0.05, 0) is 45.3 Å². The van der Waals surface area contributed by atoms with Crippen molar-refractivity contribution in [3.8, 4) is 0 Å². The number of aromatic amines is 1. The lowest BCUT2D eigenvalue weighted by molar-refractivity contribution is 0.0689. The smallest absolute Gasteiger partial charge is 0.352 e. The van der Waals surface area contributed by atoms with Crippen LogP contribution in [0, 0.1) is 13.8 Å². The standard InChI is InChI=1S/C14H21N3O3/c1-8-11(9(2)16-12(8)14(19)20)13(18)17(3)10-4-6-15-7-5-10/h10,15-16H,4-7H2,1-3H3,(H,19,20). The molecule has 1 saturated heterocycles. The predicted octanol–water partition coefficient (Wildman–Crippen LogP) is 1.15. The fraction of sp³-hybridized carbons (Fsp3) is 0.571. The normalized spacial score (nSPS) is 16.1. The number of aromatic carboxylic acids is 1. The molecule has 0 aliphatic carbocycles. The molecular weight excluding hydrogens is 258 g/mol. The summed E-state index contributed by atoms with van der Waals surface area (Å²) < 4.78 is 0. The first-order chi connectivity index (χ1) is 9.43. The van der Waals surface area contributed by atoms with Crippen LogP contribution in [0.2, 0.25) is 0 Å². The van der Waals surface area contributed by atoms with Gasteiger partial charge >= 0.3 is 5.97 Å². The molecule has 3 N–H and O–H groups in total. The maximum absolute atomic E-state index is 12.6. The summed E-state index contributed by atoms with van der Waals surface area (Å²) >= 11 is 0. The van der Waals surface area contributed by atoms with Gasteiger partial charge < -0.3 is 20.3 Å². The average molecular weight is 279 g/mol. The van der Waals surface area contributed by atoms with Gasteiger partial charge in [-0.15, -0.1) is 0 Å². The van der Waals surface area contributed by atoms with Gasteiger partial charge in [0.25, 0.3) is 5.91 Å². The van der Waals surface area contributed by atoms with Crippen LogP contribution < -0.4 is 5.32 Å². The monoisotopic (exact) mass is 279 g/mol. The Morgan fingerprint density at radius 2 is 1.85 bits per heavy atom. The molecule has 0 aromatic carbocycles. The molecule has 0 radical (unpaired) electrons. The number of carboxylic acids is 1. The minimum Gasteiger partial charge on any atom is -0.477 e. The van der Waals surface area contributed by atoms with Crippen LogP contribution in [0.3, 0.4) is 0 Å². The summed E-state index contributed by atoms with van der Waals surface area (Å²) in [4.78, 5) is 28.3. The summed E-state index contributed by atoms with van der Waals surface area (Å²) in [6, 6.07) is 0.214. The fourth-order valence-corrected chi connectivity index (χ4v) is 2.82. The second-order valence-electron chi connectivity index (χ2n) is 5.33. The van der Waals surface area contributed by atoms with E-state index in [0.29, 0.717) is 16.8 Å². The molecule has 0 saturated carbocycles. The number of nitrogens with one attached hydrogen (secondary N) is 2. The van der Waals surface area contributed by atoms with Crippen LogP contribution in [0.25, 0.3) is 0 Å². The van der Waals surface area contributed by atoms with Gasteiger partial charge in [0.05, 0.1) is 5.56 Å². The van der Waals surface area contributed by atoms with Gasteiger partial charge in [-0.25, -0.2) is 4.79 Å². The van der Waals surface area contributed by atoms with E-state index in [1.807, 2.05) is 0 Å². The molecule has 2 rings (SSSR count). The third kappa shape index (κ3) is 2.56. The molecule has 2 heterocycles. The van der Waals surface area contributed by atoms with E-state index >= 15 is 0 Å². The number of aryl methyl sites for hydroxylation is 1. The van der Waals surface area contributed by atoms with Crippen molar-refractivity contribution < 1.29 is 14.7 Å². The van der Waals surface area contributed by atoms with Crippen LogP contribution in [0.15, 0.2) is 0 Å². The van der Waals surface area contributed by atoms with Gasteiger partial charge in [-0.1, -0.05) is 0 Å². The molecule has 1 aromatic rings. The van der Waals surface area contributed by atoms with Crippen LogP contribution in [0.1, 0.15) is 44.9 Å². The zero-order chi connectivity index (χ0) is 14.9. The molecule has 0 atom stereocenters. The van der Waals surface area contributed by atoms with E-state index in [-0.39, 0.29) is 17.6 Å². The van der Waals surface area contributed by atoms with Crippen LogP contribution in [-0.2, 0) is 0 Å². The summed E-state index contributed by atoms with van der Waals surface area (Å²) in [5.74, 6) is -1.13. The topological polar surface area (TPSA) is 85.4 Å². The Balaban J connectivity index is 2.26. The molecule has 1 fully saturated rings. The summed E-state index contributed by atoms with van der Waals surface area (Å²) in [7, 11) is 1.80. The van der Waals surface area contributed by atoms with E-state index in [9.17, 15) is 9.59 Å². The van der Waals surface area contributed by atoms with Crippen LogP contribution >= 0.6 is 0 Å². The maximum Gasteiger partial charge on any atom is 0.352 e. The van der Waals surface area contributed by atoms with Crippen molar-refractivity contribution >= 4 is 11.9 Å². The van der Waals surface area contributed by atoms with Gasteiger partial charge in [0.2, 0.25) is 0 Å². The van der Waals surface area contributed by atoms with Gasteiger partial charge in [0.15, 0.2) is 0 Å². The first-order valence-corrected chi connectivity index (χ1v) is 6.83. The number of rotatable bonds is 3. The van der Waals surface area contributed by atoms with E-state index in [1.54, 1.807) is 25.8 Å². The van der Waals surface area contributed by atoms with E-state index in [1.165, 1.54) is 0 Å². The highest BCUT2D eigenvalue weighted by Crippen LogP contribution is 2.22. The molecule has 1 aliphatic heterocycles. The number of carbonyl (C=O) groups is 2. The molecule has 1 aliphatic rings. The Kier molecular flexibility index (Phi) is 4.13. The van der Waals surface area contributed by atoms with Gasteiger partial charge in [0.1, 0.15) is 5.69 Å². The van der Waals surface area contributed by atoms with Crippen molar-refractivity contribution in [1.29, 1.82) is 0 Å². The third-order valence-electron chi connectivity index (χ3n) is 4.04. The number of hydrogen-bond acceptors (Lipinski definition) is 3. The van der Waals surface area contributed by atoms with Crippen LogP contribution in [-0.4, -0.2) is 53.0 Å². The highest BCUT2D eigenvalue weighted by molar-refractivity contribution is 6.00. The fourth-order valence-electron chi connectivity index (χ4n) is 2.82. The molecule has 1 amide bonds. The van der Waals surface area contributed by atoms with E-state index in [4.69, 9.17) is 5.11 Å². The average Bonchev–Trinajstić information content (AvgIpc) is 2.73. The summed E-state index contributed by atoms with van der Waals surface area (Å²) in [6.45, 7) is 5.24. The van der Waals surface area contributed by atoms with Crippen molar-refractivity contribution in [2.24, 2.45) is 0 Å². The molecule has 110 valence electrons. The molecule has 20 heavy (non-hydrogen) atoms.